The number of carbonyl (C=O) groups is 4. The maximum absolute atomic E-state index is 13.1. The Labute approximate surface area is 171 Å². The highest BCUT2D eigenvalue weighted by molar-refractivity contribution is 7.17. The molecule has 1 aromatic heterocycles. The second kappa shape index (κ2) is 7.32. The number of thiophene rings is 1. The fourth-order valence-electron chi connectivity index (χ4n) is 3.66. The molecule has 0 fully saturated rings. The topological polar surface area (TPSA) is 96.0 Å². The summed E-state index contributed by atoms with van der Waals surface area (Å²) < 4.78 is 4.78. The molecule has 0 atom stereocenters. The fourth-order valence-corrected chi connectivity index (χ4v) is 4.93. The summed E-state index contributed by atoms with van der Waals surface area (Å²) in [6.45, 7) is 0.744. The van der Waals surface area contributed by atoms with Crippen LogP contribution in [0.4, 0.5) is 5.00 Å². The second-order valence-corrected chi connectivity index (χ2v) is 8.04. The summed E-state index contributed by atoms with van der Waals surface area (Å²) in [4.78, 5) is 53.7. The molecule has 0 radical (unpaired) electrons. The van der Waals surface area contributed by atoms with Crippen LogP contribution in [0.3, 0.4) is 0 Å². The highest BCUT2D eigenvalue weighted by Gasteiger charge is 2.34. The summed E-state index contributed by atoms with van der Waals surface area (Å²) in [6.07, 6.45) is 0.503. The molecule has 0 spiro atoms. The van der Waals surface area contributed by atoms with E-state index in [0.717, 1.165) is 10.4 Å². The van der Waals surface area contributed by atoms with Crippen molar-refractivity contribution in [3.05, 3.63) is 51.4 Å². The van der Waals surface area contributed by atoms with Gasteiger partial charge in [-0.3, -0.25) is 14.4 Å². The Bertz CT molecular complexity index is 1040. The second-order valence-electron chi connectivity index (χ2n) is 6.93. The van der Waals surface area contributed by atoms with E-state index < -0.39 is 5.97 Å². The zero-order valence-corrected chi connectivity index (χ0v) is 16.8. The first-order valence-electron chi connectivity index (χ1n) is 9.07. The summed E-state index contributed by atoms with van der Waals surface area (Å²) in [7, 11) is 2.88. The van der Waals surface area contributed by atoms with Crippen molar-refractivity contribution < 1.29 is 23.9 Å². The van der Waals surface area contributed by atoms with Gasteiger partial charge in [-0.05, 0) is 24.1 Å². The van der Waals surface area contributed by atoms with Gasteiger partial charge in [0, 0.05) is 18.5 Å². The van der Waals surface area contributed by atoms with Crippen molar-refractivity contribution in [3.63, 3.8) is 0 Å². The van der Waals surface area contributed by atoms with Crippen molar-refractivity contribution in [3.8, 4) is 0 Å². The van der Waals surface area contributed by atoms with E-state index in [1.165, 1.54) is 23.3 Å². The van der Waals surface area contributed by atoms with Gasteiger partial charge in [-0.25, -0.2) is 4.79 Å². The summed E-state index contributed by atoms with van der Waals surface area (Å²) in [5, 5.41) is 3.34. The smallest absolute Gasteiger partial charge is 0.338 e. The summed E-state index contributed by atoms with van der Waals surface area (Å²) in [5.74, 6) is -1.26. The minimum Gasteiger partial charge on any atom is -0.465 e. The quantitative estimate of drug-likeness (QED) is 0.757. The standard InChI is InChI=1S/C20H19N3O5S/c1-22-10-15(24)21-17-16(19(22)26)13-7-8-23(9-14(13)29-17)18(25)11-5-3-4-6-12(11)20(27)28-2/h3-6H,7-10H2,1-2H3,(H,21,24). The number of nitrogens with zero attached hydrogens (tertiary/aromatic N) is 2. The van der Waals surface area contributed by atoms with E-state index in [1.807, 2.05) is 0 Å². The predicted octanol–water partition coefficient (Wildman–Crippen LogP) is 1.76. The summed E-state index contributed by atoms with van der Waals surface area (Å²) >= 11 is 1.33. The number of hydrogen-bond acceptors (Lipinski definition) is 6. The van der Waals surface area contributed by atoms with E-state index in [0.29, 0.717) is 30.1 Å². The van der Waals surface area contributed by atoms with Gasteiger partial charge in [0.25, 0.3) is 11.8 Å². The molecule has 1 aromatic carbocycles. The lowest BCUT2D eigenvalue weighted by Crippen LogP contribution is -2.37. The van der Waals surface area contributed by atoms with Crippen molar-refractivity contribution in [2.75, 3.05) is 32.6 Å². The number of rotatable bonds is 2. The molecule has 2 aliphatic rings. The van der Waals surface area contributed by atoms with E-state index in [1.54, 1.807) is 36.2 Å². The lowest BCUT2D eigenvalue weighted by Gasteiger charge is -2.28. The van der Waals surface area contributed by atoms with Crippen LogP contribution >= 0.6 is 11.3 Å². The van der Waals surface area contributed by atoms with Crippen LogP contribution in [-0.4, -0.2) is 60.7 Å². The molecule has 0 aliphatic carbocycles. The van der Waals surface area contributed by atoms with Gasteiger partial charge < -0.3 is 19.9 Å². The highest BCUT2D eigenvalue weighted by atomic mass is 32.1. The van der Waals surface area contributed by atoms with Crippen molar-refractivity contribution >= 4 is 40.0 Å². The van der Waals surface area contributed by atoms with E-state index >= 15 is 0 Å². The van der Waals surface area contributed by atoms with Crippen molar-refractivity contribution in [1.82, 2.24) is 9.80 Å². The minimum absolute atomic E-state index is 0.0178. The average molecular weight is 413 g/mol. The van der Waals surface area contributed by atoms with Crippen LogP contribution in [0.2, 0.25) is 0 Å². The number of fused-ring (bicyclic) bond motifs is 3. The van der Waals surface area contributed by atoms with Gasteiger partial charge in [0.1, 0.15) is 5.00 Å². The first-order chi connectivity index (χ1) is 13.9. The van der Waals surface area contributed by atoms with Gasteiger partial charge in [-0.2, -0.15) is 0 Å². The average Bonchev–Trinajstić information content (AvgIpc) is 3.03. The van der Waals surface area contributed by atoms with E-state index in [-0.39, 0.29) is 35.4 Å². The largest absolute Gasteiger partial charge is 0.465 e. The first-order valence-corrected chi connectivity index (χ1v) is 9.88. The Balaban J connectivity index is 1.65. The van der Waals surface area contributed by atoms with E-state index in [9.17, 15) is 19.2 Å². The van der Waals surface area contributed by atoms with Crippen LogP contribution < -0.4 is 5.32 Å². The zero-order valence-electron chi connectivity index (χ0n) is 16.0. The number of likely N-dealkylation sites (N-methyl/N-ethyl adjacent to an activating group) is 1. The van der Waals surface area contributed by atoms with E-state index in [2.05, 4.69) is 5.32 Å². The Morgan fingerprint density at radius 1 is 1.14 bits per heavy atom. The Morgan fingerprint density at radius 2 is 1.86 bits per heavy atom. The third-order valence-corrected chi connectivity index (χ3v) is 6.23. The van der Waals surface area contributed by atoms with Gasteiger partial charge >= 0.3 is 5.97 Å². The summed E-state index contributed by atoms with van der Waals surface area (Å²) in [6, 6.07) is 6.54. The molecule has 3 heterocycles. The Hall–Kier alpha value is -3.20. The summed E-state index contributed by atoms with van der Waals surface area (Å²) in [5.41, 5.74) is 1.91. The monoisotopic (exact) mass is 413 g/mol. The number of anilines is 1. The van der Waals surface area contributed by atoms with Crippen LogP contribution in [0.1, 0.15) is 41.5 Å². The molecule has 4 rings (SSSR count). The van der Waals surface area contributed by atoms with Crippen LogP contribution in [0, 0.1) is 0 Å². The molecule has 150 valence electrons. The molecule has 0 unspecified atom stereocenters. The molecule has 0 saturated heterocycles. The Kier molecular flexibility index (Phi) is 4.83. The lowest BCUT2D eigenvalue weighted by atomic mass is 10.00. The maximum Gasteiger partial charge on any atom is 0.338 e. The van der Waals surface area contributed by atoms with Gasteiger partial charge in [-0.1, -0.05) is 12.1 Å². The number of esters is 1. The zero-order chi connectivity index (χ0) is 20.7. The van der Waals surface area contributed by atoms with Crippen molar-refractivity contribution in [1.29, 1.82) is 0 Å². The van der Waals surface area contributed by atoms with Crippen LogP contribution in [-0.2, 0) is 22.5 Å². The highest BCUT2D eigenvalue weighted by Crippen LogP contribution is 2.39. The number of carbonyl (C=O) groups excluding carboxylic acids is 4. The molecule has 8 nitrogen and oxygen atoms in total. The minimum atomic E-state index is -0.564. The molecule has 0 bridgehead atoms. The molecular weight excluding hydrogens is 394 g/mol. The molecule has 3 amide bonds. The Morgan fingerprint density at radius 3 is 2.59 bits per heavy atom. The lowest BCUT2D eigenvalue weighted by molar-refractivity contribution is -0.116. The molecule has 2 aromatic rings. The number of amides is 3. The third-order valence-electron chi connectivity index (χ3n) is 5.10. The molecule has 1 N–H and O–H groups in total. The number of nitrogens with one attached hydrogen (secondary N) is 1. The van der Waals surface area contributed by atoms with Crippen LogP contribution in [0.25, 0.3) is 0 Å². The van der Waals surface area contributed by atoms with Crippen molar-refractivity contribution in [2.24, 2.45) is 0 Å². The molecular formula is C20H19N3O5S. The van der Waals surface area contributed by atoms with Gasteiger partial charge in [0.15, 0.2) is 0 Å². The SMILES string of the molecule is COC(=O)c1ccccc1C(=O)N1CCc2c(sc3c2C(=O)N(C)CC(=O)N3)C1. The van der Waals surface area contributed by atoms with Crippen LogP contribution in [0.15, 0.2) is 24.3 Å². The van der Waals surface area contributed by atoms with Crippen molar-refractivity contribution in [2.45, 2.75) is 13.0 Å². The normalized spacial score (nSPS) is 15.9. The molecule has 29 heavy (non-hydrogen) atoms. The molecule has 0 saturated carbocycles. The third kappa shape index (κ3) is 3.27. The number of methoxy groups -OCH3 is 1. The van der Waals surface area contributed by atoms with Gasteiger partial charge in [-0.15, -0.1) is 11.3 Å². The molecule has 9 heteroatoms. The predicted molar refractivity (Wildman–Crippen MR) is 106 cm³/mol. The number of hydrogen-bond donors (Lipinski definition) is 1. The first kappa shape index (κ1) is 19.1. The van der Waals surface area contributed by atoms with E-state index in [4.69, 9.17) is 4.74 Å². The fraction of sp³-hybridized carbons (Fsp3) is 0.300. The maximum atomic E-state index is 13.1. The number of ether oxygens (including phenoxy) is 1. The van der Waals surface area contributed by atoms with Gasteiger partial charge in [0.2, 0.25) is 5.91 Å². The number of benzene rings is 1. The van der Waals surface area contributed by atoms with Crippen LogP contribution in [0.5, 0.6) is 0 Å². The molecule has 2 aliphatic heterocycles. The van der Waals surface area contributed by atoms with Gasteiger partial charge in [0.05, 0.1) is 36.9 Å².